The van der Waals surface area contributed by atoms with Crippen LogP contribution in [-0.2, 0) is 20.6 Å². The molecular weight excluding hydrogens is 481 g/mol. The zero-order valence-corrected chi connectivity index (χ0v) is 20.5. The third kappa shape index (κ3) is 8.20. The van der Waals surface area contributed by atoms with Crippen LogP contribution in [0.15, 0.2) is 41.3 Å². The molecule has 0 heterocycles. The Morgan fingerprint density at radius 2 is 1.87 bits per heavy atom. The molecule has 2 rings (SSSR count). The maximum Gasteiger partial charge on any atom is 0.341 e. The van der Waals surface area contributed by atoms with Crippen LogP contribution < -0.4 is 4.74 Å². The van der Waals surface area contributed by atoms with E-state index in [2.05, 4.69) is 0 Å². The maximum atomic E-state index is 12.9. The molecule has 0 bridgehead atoms. The molecule has 0 atom stereocenters. The summed E-state index contributed by atoms with van der Waals surface area (Å²) in [6.07, 6.45) is 0.708. The van der Waals surface area contributed by atoms with Crippen LogP contribution in [0.1, 0.15) is 24.5 Å². The second-order valence-corrected chi connectivity index (χ2v) is 10.8. The van der Waals surface area contributed by atoms with Gasteiger partial charge in [0.15, 0.2) is 6.61 Å². The summed E-state index contributed by atoms with van der Waals surface area (Å²) in [6, 6.07) is 10.3. The van der Waals surface area contributed by atoms with E-state index in [0.29, 0.717) is 46.6 Å². The van der Waals surface area contributed by atoms with Gasteiger partial charge in [0.05, 0.1) is 15.8 Å². The molecule has 0 saturated carbocycles. The van der Waals surface area contributed by atoms with Crippen LogP contribution in [0.2, 0.25) is 10.0 Å². The van der Waals surface area contributed by atoms with Gasteiger partial charge in [-0.3, -0.25) is 0 Å². The minimum atomic E-state index is -3.51. The van der Waals surface area contributed by atoms with Gasteiger partial charge in [0.1, 0.15) is 5.75 Å². The molecule has 2 aromatic carbocycles. The first-order valence-corrected chi connectivity index (χ1v) is 13.0. The number of halogens is 2. The van der Waals surface area contributed by atoms with Crippen molar-refractivity contribution in [3.8, 4) is 5.75 Å². The number of aryl methyl sites for hydroxylation is 1. The van der Waals surface area contributed by atoms with E-state index in [9.17, 15) is 13.2 Å². The quantitative estimate of drug-likeness (QED) is 0.404. The highest BCUT2D eigenvalue weighted by atomic mass is 35.5. The van der Waals surface area contributed by atoms with Gasteiger partial charge in [-0.05, 0) is 54.8 Å². The Labute approximate surface area is 197 Å². The standard InChI is InChI=1S/C21H25Cl2NO5S2/c1-3-8-24(31(27,28)14-16-4-6-18(22)19(23)12-16)9-10-30-17-5-7-20(15(2)11-17)29-13-21(25)26/h4-7,11-12H,3,8-10,13-14H2,1-2H3,(H,25,26). The molecule has 0 fully saturated rings. The molecule has 0 radical (unpaired) electrons. The number of carboxylic acid groups (broad SMARTS) is 1. The fraction of sp³-hybridized carbons (Fsp3) is 0.381. The lowest BCUT2D eigenvalue weighted by atomic mass is 10.2. The highest BCUT2D eigenvalue weighted by molar-refractivity contribution is 7.99. The number of sulfonamides is 1. The lowest BCUT2D eigenvalue weighted by Crippen LogP contribution is -2.34. The van der Waals surface area contributed by atoms with Gasteiger partial charge in [0.25, 0.3) is 0 Å². The van der Waals surface area contributed by atoms with Gasteiger partial charge < -0.3 is 9.84 Å². The van der Waals surface area contributed by atoms with Crippen molar-refractivity contribution in [3.63, 3.8) is 0 Å². The summed E-state index contributed by atoms with van der Waals surface area (Å²) < 4.78 is 32.6. The third-order valence-corrected chi connectivity index (χ3v) is 7.87. The average Bonchev–Trinajstić information content (AvgIpc) is 2.69. The zero-order valence-electron chi connectivity index (χ0n) is 17.3. The molecule has 170 valence electrons. The first-order chi connectivity index (χ1) is 14.6. The highest BCUT2D eigenvalue weighted by Gasteiger charge is 2.22. The molecule has 6 nitrogen and oxygen atoms in total. The van der Waals surface area contributed by atoms with Crippen LogP contribution in [0, 0.1) is 6.92 Å². The SMILES string of the molecule is CCCN(CCSc1ccc(OCC(=O)O)c(C)c1)S(=O)(=O)Cc1ccc(Cl)c(Cl)c1. The Hall–Kier alpha value is -1.45. The number of carboxylic acids is 1. The number of carbonyl (C=O) groups is 1. The topological polar surface area (TPSA) is 83.9 Å². The number of nitrogens with zero attached hydrogens (tertiary/aromatic N) is 1. The van der Waals surface area contributed by atoms with E-state index < -0.39 is 22.6 Å². The molecule has 0 saturated heterocycles. The van der Waals surface area contributed by atoms with E-state index in [0.717, 1.165) is 10.5 Å². The van der Waals surface area contributed by atoms with Crippen LogP contribution in [0.5, 0.6) is 5.75 Å². The molecule has 0 aromatic heterocycles. The maximum absolute atomic E-state index is 12.9. The summed E-state index contributed by atoms with van der Waals surface area (Å²) in [7, 11) is -3.51. The number of thioether (sulfide) groups is 1. The lowest BCUT2D eigenvalue weighted by molar-refractivity contribution is -0.139. The highest BCUT2D eigenvalue weighted by Crippen LogP contribution is 2.27. The van der Waals surface area contributed by atoms with Crippen molar-refractivity contribution in [2.24, 2.45) is 0 Å². The molecule has 0 aliphatic carbocycles. The molecule has 1 N–H and O–H groups in total. The smallest absolute Gasteiger partial charge is 0.341 e. The van der Waals surface area contributed by atoms with E-state index in [1.807, 2.05) is 26.0 Å². The number of hydrogen-bond acceptors (Lipinski definition) is 5. The first kappa shape index (κ1) is 25.8. The fourth-order valence-corrected chi connectivity index (χ4v) is 5.87. The fourth-order valence-electron chi connectivity index (χ4n) is 2.85. The first-order valence-electron chi connectivity index (χ1n) is 9.62. The van der Waals surface area contributed by atoms with Crippen molar-refractivity contribution in [1.29, 1.82) is 0 Å². The number of aliphatic carboxylic acids is 1. The van der Waals surface area contributed by atoms with Crippen molar-refractivity contribution in [3.05, 3.63) is 57.6 Å². The second-order valence-electron chi connectivity index (χ2n) is 6.86. The van der Waals surface area contributed by atoms with E-state index >= 15 is 0 Å². The van der Waals surface area contributed by atoms with Crippen LogP contribution in [0.3, 0.4) is 0 Å². The number of rotatable bonds is 12. The van der Waals surface area contributed by atoms with E-state index in [1.54, 1.807) is 24.3 Å². The van der Waals surface area contributed by atoms with Crippen LogP contribution >= 0.6 is 35.0 Å². The van der Waals surface area contributed by atoms with Gasteiger partial charge in [-0.1, -0.05) is 36.2 Å². The largest absolute Gasteiger partial charge is 0.482 e. The number of benzene rings is 2. The molecule has 2 aromatic rings. The predicted octanol–water partition coefficient (Wildman–Crippen LogP) is 5.10. The summed E-state index contributed by atoms with van der Waals surface area (Å²) in [4.78, 5) is 11.6. The van der Waals surface area contributed by atoms with Gasteiger partial charge in [-0.15, -0.1) is 11.8 Å². The average molecular weight is 506 g/mol. The molecule has 0 aliphatic rings. The lowest BCUT2D eigenvalue weighted by Gasteiger charge is -2.21. The summed E-state index contributed by atoms with van der Waals surface area (Å²) in [6.45, 7) is 4.19. The molecule has 0 amide bonds. The Morgan fingerprint density at radius 3 is 2.48 bits per heavy atom. The molecule has 31 heavy (non-hydrogen) atoms. The van der Waals surface area contributed by atoms with Gasteiger partial charge in [0.2, 0.25) is 10.0 Å². The zero-order chi connectivity index (χ0) is 23.0. The normalized spacial score (nSPS) is 11.6. The molecule has 0 unspecified atom stereocenters. The minimum Gasteiger partial charge on any atom is -0.482 e. The predicted molar refractivity (Wildman–Crippen MR) is 126 cm³/mol. The summed E-state index contributed by atoms with van der Waals surface area (Å²) >= 11 is 13.5. The van der Waals surface area contributed by atoms with Crippen LogP contribution in [0.25, 0.3) is 0 Å². The summed E-state index contributed by atoms with van der Waals surface area (Å²) in [5.74, 6) is -0.0712. The van der Waals surface area contributed by atoms with Gasteiger partial charge >= 0.3 is 5.97 Å². The van der Waals surface area contributed by atoms with Gasteiger partial charge in [0, 0.05) is 23.7 Å². The Balaban J connectivity index is 1.99. The molecule has 0 spiro atoms. The molecule has 10 heteroatoms. The van der Waals surface area contributed by atoms with Gasteiger partial charge in [-0.2, -0.15) is 0 Å². The van der Waals surface area contributed by atoms with E-state index in [1.165, 1.54) is 16.1 Å². The number of hydrogen-bond donors (Lipinski definition) is 1. The van der Waals surface area contributed by atoms with Crippen LogP contribution in [-0.4, -0.2) is 49.2 Å². The molecule has 0 aliphatic heterocycles. The van der Waals surface area contributed by atoms with Crippen molar-refractivity contribution in [2.75, 3.05) is 25.4 Å². The van der Waals surface area contributed by atoms with E-state index in [4.69, 9.17) is 33.0 Å². The monoisotopic (exact) mass is 505 g/mol. The van der Waals surface area contributed by atoms with Gasteiger partial charge in [-0.25, -0.2) is 17.5 Å². The molecular formula is C21H25Cl2NO5S2. The third-order valence-electron chi connectivity index (χ3n) is 4.31. The van der Waals surface area contributed by atoms with Crippen molar-refractivity contribution < 1.29 is 23.1 Å². The Kier molecular flexibility index (Phi) is 9.96. The summed E-state index contributed by atoms with van der Waals surface area (Å²) in [5, 5.41) is 9.44. The van der Waals surface area contributed by atoms with Crippen LogP contribution in [0.4, 0.5) is 0 Å². The second kappa shape index (κ2) is 12.0. The van der Waals surface area contributed by atoms with Crippen molar-refractivity contribution in [1.82, 2.24) is 4.31 Å². The minimum absolute atomic E-state index is 0.136. The van der Waals surface area contributed by atoms with Crippen molar-refractivity contribution in [2.45, 2.75) is 30.9 Å². The number of ether oxygens (including phenoxy) is 1. The van der Waals surface area contributed by atoms with E-state index in [-0.39, 0.29) is 5.75 Å². The van der Waals surface area contributed by atoms with Crippen molar-refractivity contribution >= 4 is 51.0 Å². The Bertz CT molecular complexity index is 1010. The summed E-state index contributed by atoms with van der Waals surface area (Å²) in [5.41, 5.74) is 1.42. The Morgan fingerprint density at radius 1 is 1.13 bits per heavy atom.